The van der Waals surface area contributed by atoms with E-state index in [0.717, 1.165) is 5.56 Å². The first-order chi connectivity index (χ1) is 19.4. The molecule has 0 atom stereocenters. The molecule has 220 valence electrons. The maximum atomic E-state index is 13.5. The van der Waals surface area contributed by atoms with Crippen molar-refractivity contribution in [2.75, 3.05) is 14.2 Å². The van der Waals surface area contributed by atoms with Crippen LogP contribution in [0.15, 0.2) is 44.0 Å². The predicted octanol–water partition coefficient (Wildman–Crippen LogP) is 6.91. The molecule has 2 aromatic heterocycles. The maximum Gasteiger partial charge on any atom is 0.361 e. The van der Waals surface area contributed by atoms with Gasteiger partial charge in [0.05, 0.1) is 37.0 Å². The van der Waals surface area contributed by atoms with E-state index in [0.29, 0.717) is 56.8 Å². The summed E-state index contributed by atoms with van der Waals surface area (Å²) in [5.41, 5.74) is 1.11. The first kappa shape index (κ1) is 30.3. The van der Waals surface area contributed by atoms with E-state index in [1.54, 1.807) is 23.8 Å². The molecule has 0 aliphatic rings. The molecule has 2 heterocycles. The van der Waals surface area contributed by atoms with Crippen molar-refractivity contribution in [1.82, 2.24) is 4.57 Å². The van der Waals surface area contributed by atoms with Crippen LogP contribution in [0.3, 0.4) is 0 Å². The van der Waals surface area contributed by atoms with Crippen LogP contribution in [0.4, 0.5) is 0 Å². The number of benzene rings is 2. The molecule has 0 spiro atoms. The van der Waals surface area contributed by atoms with Crippen LogP contribution >= 0.6 is 15.9 Å². The average molecular weight is 631 g/mol. The molecule has 0 N–H and O–H groups in total. The van der Waals surface area contributed by atoms with Crippen molar-refractivity contribution in [1.29, 1.82) is 0 Å². The largest absolute Gasteiger partial charge is 0.493 e. The number of ether oxygens (including phenoxy) is 5. The third kappa shape index (κ3) is 6.32. The molecule has 9 nitrogen and oxygen atoms in total. The lowest BCUT2D eigenvalue weighted by atomic mass is 10.1. The van der Waals surface area contributed by atoms with Gasteiger partial charge in [0.2, 0.25) is 0 Å². The molecule has 0 saturated heterocycles. The van der Waals surface area contributed by atoms with Crippen molar-refractivity contribution < 1.29 is 32.9 Å². The van der Waals surface area contributed by atoms with Gasteiger partial charge in [-0.25, -0.2) is 9.59 Å². The summed E-state index contributed by atoms with van der Waals surface area (Å²) in [5.74, 6) is 1.63. The van der Waals surface area contributed by atoms with Crippen LogP contribution in [0, 0.1) is 0 Å². The smallest absolute Gasteiger partial charge is 0.361 e. The Bertz CT molecular complexity index is 1630. The van der Waals surface area contributed by atoms with Crippen molar-refractivity contribution in [3.05, 3.63) is 56.5 Å². The van der Waals surface area contributed by atoms with Crippen molar-refractivity contribution in [2.24, 2.45) is 0 Å². The lowest BCUT2D eigenvalue weighted by molar-refractivity contribution is 0.0587. The molecule has 0 fully saturated rings. The van der Waals surface area contributed by atoms with Gasteiger partial charge in [0.1, 0.15) is 16.8 Å². The van der Waals surface area contributed by atoms with Gasteiger partial charge < -0.3 is 32.7 Å². The minimum absolute atomic E-state index is 0.0386. The highest BCUT2D eigenvalue weighted by Gasteiger charge is 2.28. The Hall–Kier alpha value is -3.66. The average Bonchev–Trinajstić information content (AvgIpc) is 3.19. The van der Waals surface area contributed by atoms with Gasteiger partial charge in [-0.15, -0.1) is 0 Å². The summed E-state index contributed by atoms with van der Waals surface area (Å²) >= 11 is 3.61. The number of rotatable bonds is 11. The summed E-state index contributed by atoms with van der Waals surface area (Å²) in [5, 5.41) is 1.12. The van der Waals surface area contributed by atoms with Gasteiger partial charge >= 0.3 is 11.6 Å². The van der Waals surface area contributed by atoms with Gasteiger partial charge in [-0.3, -0.25) is 0 Å². The monoisotopic (exact) mass is 629 g/mol. The molecule has 2 aromatic carbocycles. The number of carbonyl (C=O) groups excluding carboxylic acids is 1. The topological polar surface area (TPSA) is 98.4 Å². The fourth-order valence-corrected chi connectivity index (χ4v) is 5.47. The highest BCUT2D eigenvalue weighted by Crippen LogP contribution is 2.41. The molecule has 0 saturated carbocycles. The second kappa shape index (κ2) is 12.5. The van der Waals surface area contributed by atoms with Crippen molar-refractivity contribution in [3.63, 3.8) is 0 Å². The molecule has 0 radical (unpaired) electrons. The summed E-state index contributed by atoms with van der Waals surface area (Å²) in [7, 11) is 2.90. The molecule has 0 bridgehead atoms. The molecule has 0 aliphatic heterocycles. The summed E-state index contributed by atoms with van der Waals surface area (Å²) in [6, 6.07) is 9.11. The van der Waals surface area contributed by atoms with Crippen LogP contribution in [-0.4, -0.2) is 43.1 Å². The van der Waals surface area contributed by atoms with E-state index in [9.17, 15) is 9.59 Å². The molecule has 0 aliphatic carbocycles. The number of esters is 1. The van der Waals surface area contributed by atoms with Crippen molar-refractivity contribution in [3.8, 4) is 23.0 Å². The van der Waals surface area contributed by atoms with E-state index < -0.39 is 11.6 Å². The Morgan fingerprint density at radius 3 is 2.02 bits per heavy atom. The zero-order valence-electron chi connectivity index (χ0n) is 24.6. The van der Waals surface area contributed by atoms with Crippen LogP contribution in [0.25, 0.3) is 21.9 Å². The van der Waals surface area contributed by atoms with E-state index >= 15 is 0 Å². The fraction of sp³-hybridized carbons (Fsp3) is 0.419. The molecule has 0 amide bonds. The number of hydrogen-bond acceptors (Lipinski definition) is 8. The van der Waals surface area contributed by atoms with Crippen LogP contribution < -0.4 is 24.6 Å². The number of aryl methyl sites for hydroxylation is 2. The van der Waals surface area contributed by atoms with Gasteiger partial charge in [0.15, 0.2) is 23.0 Å². The summed E-state index contributed by atoms with van der Waals surface area (Å²) in [6.07, 6.45) is 0.198. The molecule has 4 aromatic rings. The fourth-order valence-electron chi connectivity index (χ4n) is 4.69. The maximum absolute atomic E-state index is 13.5. The number of halogens is 1. The van der Waals surface area contributed by atoms with Gasteiger partial charge in [-0.05, 0) is 87.7 Å². The number of carbonyl (C=O) groups is 1. The van der Waals surface area contributed by atoms with Gasteiger partial charge in [0.25, 0.3) is 0 Å². The highest BCUT2D eigenvalue weighted by atomic mass is 79.9. The molecule has 4 rings (SSSR count). The molecule has 41 heavy (non-hydrogen) atoms. The number of nitrogens with zero attached hydrogens (tertiary/aromatic N) is 1. The summed E-state index contributed by atoms with van der Waals surface area (Å²) < 4.78 is 36.4. The van der Waals surface area contributed by atoms with E-state index in [-0.39, 0.29) is 29.5 Å². The second-order valence-electron chi connectivity index (χ2n) is 10.4. The minimum Gasteiger partial charge on any atom is -0.493 e. The SMILES string of the molecule is COC(=O)c1c(Br)c2c3cc(OC(C)C)c(OC(C)C)cc3oc(=O)c2n1CCc1ccc(OC)c(OC(C)C)c1. The zero-order valence-corrected chi connectivity index (χ0v) is 26.2. The Kier molecular flexibility index (Phi) is 9.21. The number of aromatic nitrogens is 1. The lowest BCUT2D eigenvalue weighted by Crippen LogP contribution is -2.16. The van der Waals surface area contributed by atoms with E-state index in [1.165, 1.54) is 7.11 Å². The van der Waals surface area contributed by atoms with Crippen LogP contribution in [0.2, 0.25) is 0 Å². The van der Waals surface area contributed by atoms with E-state index in [2.05, 4.69) is 15.9 Å². The standard InChI is InChI=1S/C31H36BrNO8/c1-16(2)38-23-13-19(9-10-21(23)36-7)11-12-33-28-26(27(32)29(33)30(34)37-8)20-14-24(39-17(3)4)25(40-18(5)6)15-22(20)41-31(28)35/h9-10,13-18H,11-12H2,1-8H3. The Balaban J connectivity index is 1.90. The first-order valence-corrected chi connectivity index (χ1v) is 14.3. The van der Waals surface area contributed by atoms with E-state index in [1.807, 2.05) is 59.7 Å². The molecular weight excluding hydrogens is 594 g/mol. The number of hydrogen-bond donors (Lipinski definition) is 0. The Labute approximate surface area is 247 Å². The van der Waals surface area contributed by atoms with Crippen molar-refractivity contribution in [2.45, 2.75) is 72.8 Å². The Morgan fingerprint density at radius 2 is 1.46 bits per heavy atom. The molecular formula is C31H36BrNO8. The van der Waals surface area contributed by atoms with Gasteiger partial charge in [-0.2, -0.15) is 0 Å². The van der Waals surface area contributed by atoms with E-state index in [4.69, 9.17) is 28.1 Å². The third-order valence-corrected chi connectivity index (χ3v) is 7.01. The number of fused-ring (bicyclic) bond motifs is 3. The van der Waals surface area contributed by atoms with Gasteiger partial charge in [0, 0.05) is 23.4 Å². The molecule has 0 unspecified atom stereocenters. The highest BCUT2D eigenvalue weighted by molar-refractivity contribution is 9.10. The molecule has 10 heteroatoms. The van der Waals surface area contributed by atoms with Crippen LogP contribution in [0.1, 0.15) is 57.6 Å². The second-order valence-corrected chi connectivity index (χ2v) is 11.2. The van der Waals surface area contributed by atoms with Crippen molar-refractivity contribution >= 4 is 43.8 Å². The summed E-state index contributed by atoms with van der Waals surface area (Å²) in [6.45, 7) is 11.8. The zero-order chi connectivity index (χ0) is 30.0. The van der Waals surface area contributed by atoms with Gasteiger partial charge in [-0.1, -0.05) is 6.07 Å². The third-order valence-electron chi connectivity index (χ3n) is 6.23. The van der Waals surface area contributed by atoms with Crippen LogP contribution in [-0.2, 0) is 17.7 Å². The minimum atomic E-state index is -0.588. The Morgan fingerprint density at radius 1 is 0.878 bits per heavy atom. The number of methoxy groups -OCH3 is 2. The normalized spacial score (nSPS) is 11.6. The lowest BCUT2D eigenvalue weighted by Gasteiger charge is -2.18. The van der Waals surface area contributed by atoms with Crippen LogP contribution in [0.5, 0.6) is 23.0 Å². The predicted molar refractivity (Wildman–Crippen MR) is 161 cm³/mol. The quantitative estimate of drug-likeness (QED) is 0.130. The summed E-state index contributed by atoms with van der Waals surface area (Å²) in [4.78, 5) is 26.5. The first-order valence-electron chi connectivity index (χ1n) is 13.5.